The lowest BCUT2D eigenvalue weighted by Gasteiger charge is -2.08. The third-order valence-electron chi connectivity index (χ3n) is 4.90. The number of carbonyl (C=O) groups is 1. The van der Waals surface area contributed by atoms with Crippen LogP contribution >= 0.6 is 15.9 Å². The fourth-order valence-electron chi connectivity index (χ4n) is 3.26. The van der Waals surface area contributed by atoms with Gasteiger partial charge >= 0.3 is 6.18 Å². The normalized spacial score (nSPS) is 14.1. The molecule has 0 aliphatic heterocycles. The molecule has 0 radical (unpaired) electrons. The zero-order chi connectivity index (χ0) is 24.1. The molecule has 0 saturated heterocycles. The van der Waals surface area contributed by atoms with Gasteiger partial charge in [0.2, 0.25) is 5.91 Å². The SMILES string of the molecule is O=C(Cn1nc(C(F)(F)F)c(Br)c1C1CC1)Nc1cnn(Cc2c(F)cc(F)c(F)c2F)c1. The average Bonchev–Trinajstić information content (AvgIpc) is 3.36. The van der Waals surface area contributed by atoms with Crippen molar-refractivity contribution in [3.05, 3.63) is 63.2 Å². The smallest absolute Gasteiger partial charge is 0.322 e. The van der Waals surface area contributed by atoms with Crippen LogP contribution in [0.2, 0.25) is 0 Å². The van der Waals surface area contributed by atoms with E-state index in [0.717, 1.165) is 15.6 Å². The summed E-state index contributed by atoms with van der Waals surface area (Å²) in [5.74, 6) is -7.38. The molecule has 0 spiro atoms. The molecule has 1 N–H and O–H groups in total. The summed E-state index contributed by atoms with van der Waals surface area (Å²) >= 11 is 2.93. The van der Waals surface area contributed by atoms with E-state index in [1.165, 1.54) is 6.20 Å². The number of hydrogen-bond acceptors (Lipinski definition) is 3. The minimum absolute atomic E-state index is 0.0682. The highest BCUT2D eigenvalue weighted by Gasteiger charge is 2.42. The van der Waals surface area contributed by atoms with Crippen molar-refractivity contribution in [3.8, 4) is 0 Å². The van der Waals surface area contributed by atoms with Gasteiger partial charge in [-0.3, -0.25) is 14.2 Å². The topological polar surface area (TPSA) is 64.7 Å². The monoisotopic (exact) mass is 539 g/mol. The molecule has 2 aromatic heterocycles. The van der Waals surface area contributed by atoms with Gasteiger partial charge in [0.05, 0.1) is 28.6 Å². The molecule has 4 rings (SSSR count). The molecule has 2 heterocycles. The van der Waals surface area contributed by atoms with Gasteiger partial charge in [-0.05, 0) is 28.8 Å². The van der Waals surface area contributed by atoms with Crippen molar-refractivity contribution in [2.75, 3.05) is 5.32 Å². The molecule has 0 atom stereocenters. The maximum atomic E-state index is 13.8. The molecule has 14 heteroatoms. The predicted octanol–water partition coefficient (Wildman–Crippen LogP) is 4.98. The van der Waals surface area contributed by atoms with E-state index in [1.807, 2.05) is 0 Å². The Morgan fingerprint density at radius 3 is 2.48 bits per heavy atom. The lowest BCUT2D eigenvalue weighted by atomic mass is 10.2. The molecule has 1 saturated carbocycles. The van der Waals surface area contributed by atoms with Crippen LogP contribution in [0, 0.1) is 23.3 Å². The van der Waals surface area contributed by atoms with Crippen molar-refractivity contribution in [1.82, 2.24) is 19.6 Å². The van der Waals surface area contributed by atoms with Crippen molar-refractivity contribution >= 4 is 27.5 Å². The van der Waals surface area contributed by atoms with Gasteiger partial charge in [0.1, 0.15) is 12.4 Å². The Hall–Kier alpha value is -2.90. The average molecular weight is 540 g/mol. The lowest BCUT2D eigenvalue weighted by Crippen LogP contribution is -2.21. The Labute approximate surface area is 189 Å². The van der Waals surface area contributed by atoms with Crippen LogP contribution in [0.5, 0.6) is 0 Å². The first-order valence-corrected chi connectivity index (χ1v) is 10.2. The second-order valence-corrected chi connectivity index (χ2v) is 8.19. The molecule has 1 fully saturated rings. The molecule has 1 aliphatic rings. The molecule has 6 nitrogen and oxygen atoms in total. The van der Waals surface area contributed by atoms with Crippen molar-refractivity contribution < 1.29 is 35.5 Å². The van der Waals surface area contributed by atoms with Gasteiger partial charge in [0, 0.05) is 23.7 Å². The Morgan fingerprint density at radius 1 is 1.15 bits per heavy atom. The van der Waals surface area contributed by atoms with Crippen molar-refractivity contribution in [2.45, 2.75) is 38.0 Å². The number of carbonyl (C=O) groups excluding carboxylic acids is 1. The molecule has 176 valence electrons. The van der Waals surface area contributed by atoms with E-state index in [9.17, 15) is 35.5 Å². The number of rotatable bonds is 6. The summed E-state index contributed by atoms with van der Waals surface area (Å²) < 4.78 is 95.4. The molecular formula is C19H13BrF7N5O. The van der Waals surface area contributed by atoms with E-state index in [0.29, 0.717) is 12.8 Å². The number of hydrogen-bond donors (Lipinski definition) is 1. The highest BCUT2D eigenvalue weighted by Crippen LogP contribution is 2.46. The van der Waals surface area contributed by atoms with Crippen molar-refractivity contribution in [3.63, 3.8) is 0 Å². The standard InChI is InChI=1S/C19H13BrF7N5O/c20-14-17(8-1-2-8)32(30-18(14)19(25,26)27)7-13(33)29-9-4-28-31(5-9)6-10-11(21)3-12(22)16(24)15(10)23/h3-5,8H,1-2,6-7H2,(H,29,33). The van der Waals surface area contributed by atoms with E-state index in [2.05, 4.69) is 31.4 Å². The first-order chi connectivity index (χ1) is 15.5. The Bertz CT molecular complexity index is 1230. The van der Waals surface area contributed by atoms with E-state index < -0.39 is 59.7 Å². The Kier molecular flexibility index (Phi) is 5.97. The number of amides is 1. The molecule has 0 unspecified atom stereocenters. The highest BCUT2D eigenvalue weighted by molar-refractivity contribution is 9.10. The second-order valence-electron chi connectivity index (χ2n) is 7.40. The molecule has 1 amide bonds. The van der Waals surface area contributed by atoms with Gasteiger partial charge in [0.25, 0.3) is 0 Å². The van der Waals surface area contributed by atoms with Crippen LogP contribution in [-0.2, 0) is 24.1 Å². The van der Waals surface area contributed by atoms with Crippen LogP contribution in [0.3, 0.4) is 0 Å². The summed E-state index contributed by atoms with van der Waals surface area (Å²) in [6.45, 7) is -1.12. The fraction of sp³-hybridized carbons (Fsp3) is 0.316. The maximum Gasteiger partial charge on any atom is 0.436 e. The zero-order valence-corrected chi connectivity index (χ0v) is 17.9. The minimum Gasteiger partial charge on any atom is -0.322 e. The third-order valence-corrected chi connectivity index (χ3v) is 5.69. The van der Waals surface area contributed by atoms with Crippen LogP contribution in [0.25, 0.3) is 0 Å². The van der Waals surface area contributed by atoms with Crippen molar-refractivity contribution in [1.29, 1.82) is 0 Å². The second kappa shape index (κ2) is 8.47. The van der Waals surface area contributed by atoms with E-state index in [1.54, 1.807) is 0 Å². The maximum absolute atomic E-state index is 13.8. The van der Waals surface area contributed by atoms with Crippen LogP contribution in [-0.4, -0.2) is 25.5 Å². The number of nitrogens with one attached hydrogen (secondary N) is 1. The van der Waals surface area contributed by atoms with Crippen LogP contribution in [0.4, 0.5) is 36.4 Å². The van der Waals surface area contributed by atoms with Gasteiger partial charge in [-0.15, -0.1) is 0 Å². The lowest BCUT2D eigenvalue weighted by molar-refractivity contribution is -0.142. The zero-order valence-electron chi connectivity index (χ0n) is 16.4. The number of anilines is 1. The predicted molar refractivity (Wildman–Crippen MR) is 103 cm³/mol. The van der Waals surface area contributed by atoms with Gasteiger partial charge in [-0.2, -0.15) is 23.4 Å². The Morgan fingerprint density at radius 2 is 1.85 bits per heavy atom. The third kappa shape index (κ3) is 4.75. The summed E-state index contributed by atoms with van der Waals surface area (Å²) in [7, 11) is 0. The van der Waals surface area contributed by atoms with E-state index in [-0.39, 0.29) is 27.8 Å². The quantitative estimate of drug-likeness (QED) is 0.273. The summed E-state index contributed by atoms with van der Waals surface area (Å²) in [5, 5.41) is 9.72. The fourth-order valence-corrected chi connectivity index (χ4v) is 4.10. The largest absolute Gasteiger partial charge is 0.436 e. The van der Waals surface area contributed by atoms with Crippen molar-refractivity contribution in [2.24, 2.45) is 0 Å². The molecular weight excluding hydrogens is 527 g/mol. The molecule has 3 aromatic rings. The number of halogens is 8. The van der Waals surface area contributed by atoms with E-state index >= 15 is 0 Å². The minimum atomic E-state index is -4.70. The van der Waals surface area contributed by atoms with Gasteiger partial charge in [-0.25, -0.2) is 17.6 Å². The van der Waals surface area contributed by atoms with Crippen LogP contribution in [0.15, 0.2) is 22.9 Å². The Balaban J connectivity index is 1.48. The van der Waals surface area contributed by atoms with Gasteiger partial charge in [0.15, 0.2) is 23.1 Å². The summed E-state index contributed by atoms with van der Waals surface area (Å²) in [5.41, 5.74) is -1.55. The molecule has 0 bridgehead atoms. The number of aromatic nitrogens is 4. The number of alkyl halides is 3. The summed E-state index contributed by atoms with van der Waals surface area (Å²) in [6.07, 6.45) is -1.06. The number of benzene rings is 1. The first kappa shape index (κ1) is 23.3. The summed E-state index contributed by atoms with van der Waals surface area (Å²) in [4.78, 5) is 12.4. The molecule has 1 aromatic carbocycles. The molecule has 1 aliphatic carbocycles. The number of nitrogens with zero attached hydrogens (tertiary/aromatic N) is 4. The van der Waals surface area contributed by atoms with Gasteiger partial charge < -0.3 is 5.32 Å². The first-order valence-electron chi connectivity index (χ1n) is 9.43. The van der Waals surface area contributed by atoms with Crippen LogP contribution < -0.4 is 5.32 Å². The summed E-state index contributed by atoms with van der Waals surface area (Å²) in [6, 6.07) is 0.203. The highest BCUT2D eigenvalue weighted by atomic mass is 79.9. The van der Waals surface area contributed by atoms with E-state index in [4.69, 9.17) is 0 Å². The van der Waals surface area contributed by atoms with Gasteiger partial charge in [-0.1, -0.05) is 0 Å². The molecule has 33 heavy (non-hydrogen) atoms. The van der Waals surface area contributed by atoms with Crippen LogP contribution in [0.1, 0.15) is 35.7 Å².